The molecular formula is C14H24N2O2S. The van der Waals surface area contributed by atoms with E-state index in [4.69, 9.17) is 0 Å². The Morgan fingerprint density at radius 1 is 1.37 bits per heavy atom. The first kappa shape index (κ1) is 16.1. The standard InChI is InChI=1S/C14H24N2O2S/c1-6-11-7-8-12(16-10-11)9-13(15-4)14(2,3)19(5,17)18/h7-8,10,13,15H,6,9H2,1-5H3. The molecule has 0 aromatic carbocycles. The van der Waals surface area contributed by atoms with Gasteiger partial charge in [0.25, 0.3) is 0 Å². The molecule has 0 amide bonds. The van der Waals surface area contributed by atoms with Crippen LogP contribution in [0.2, 0.25) is 0 Å². The first-order valence-corrected chi connectivity index (χ1v) is 8.42. The number of hydrogen-bond donors (Lipinski definition) is 1. The van der Waals surface area contributed by atoms with Gasteiger partial charge in [0.1, 0.15) is 0 Å². The van der Waals surface area contributed by atoms with E-state index < -0.39 is 14.6 Å². The van der Waals surface area contributed by atoms with Crippen molar-refractivity contribution in [3.8, 4) is 0 Å². The Labute approximate surface area is 116 Å². The lowest BCUT2D eigenvalue weighted by Crippen LogP contribution is -2.51. The number of hydrogen-bond acceptors (Lipinski definition) is 4. The first-order valence-electron chi connectivity index (χ1n) is 6.53. The molecule has 0 aliphatic heterocycles. The van der Waals surface area contributed by atoms with E-state index in [-0.39, 0.29) is 6.04 Å². The third-order valence-electron chi connectivity index (χ3n) is 3.85. The number of pyridine rings is 1. The van der Waals surface area contributed by atoms with Crippen LogP contribution in [-0.4, -0.2) is 37.5 Å². The van der Waals surface area contributed by atoms with Gasteiger partial charge in [-0.3, -0.25) is 4.98 Å². The molecule has 108 valence electrons. The summed E-state index contributed by atoms with van der Waals surface area (Å²) in [5, 5.41) is 3.11. The zero-order valence-corrected chi connectivity index (χ0v) is 13.2. The lowest BCUT2D eigenvalue weighted by Gasteiger charge is -2.32. The predicted octanol–water partition coefficient (Wildman–Crippen LogP) is 1.60. The van der Waals surface area contributed by atoms with Gasteiger partial charge < -0.3 is 5.32 Å². The van der Waals surface area contributed by atoms with E-state index in [1.807, 2.05) is 18.3 Å². The van der Waals surface area contributed by atoms with Crippen LogP contribution in [0, 0.1) is 0 Å². The maximum absolute atomic E-state index is 11.9. The van der Waals surface area contributed by atoms with Gasteiger partial charge in [0, 0.05) is 30.6 Å². The summed E-state index contributed by atoms with van der Waals surface area (Å²) in [6.07, 6.45) is 4.69. The lowest BCUT2D eigenvalue weighted by molar-refractivity contribution is 0.428. The van der Waals surface area contributed by atoms with Crippen molar-refractivity contribution in [2.45, 2.75) is 44.4 Å². The second-order valence-corrected chi connectivity index (χ2v) is 8.03. The van der Waals surface area contributed by atoms with Crippen LogP contribution < -0.4 is 5.32 Å². The molecule has 0 bridgehead atoms. The van der Waals surface area contributed by atoms with Crippen molar-refractivity contribution in [2.24, 2.45) is 0 Å². The Kier molecular flexibility index (Phi) is 5.10. The summed E-state index contributed by atoms with van der Waals surface area (Å²) in [5.41, 5.74) is 2.10. The largest absolute Gasteiger partial charge is 0.315 e. The molecule has 1 heterocycles. The predicted molar refractivity (Wildman–Crippen MR) is 79.1 cm³/mol. The van der Waals surface area contributed by atoms with Crippen LogP contribution in [0.15, 0.2) is 18.3 Å². The molecule has 0 fully saturated rings. The summed E-state index contributed by atoms with van der Waals surface area (Å²) in [6, 6.07) is 3.85. The second kappa shape index (κ2) is 6.01. The van der Waals surface area contributed by atoms with Crippen molar-refractivity contribution >= 4 is 9.84 Å². The summed E-state index contributed by atoms with van der Waals surface area (Å²) in [6.45, 7) is 5.59. The molecule has 0 spiro atoms. The number of nitrogens with zero attached hydrogens (tertiary/aromatic N) is 1. The highest BCUT2D eigenvalue weighted by Crippen LogP contribution is 2.22. The molecule has 0 saturated heterocycles. The SMILES string of the molecule is CCc1ccc(CC(NC)C(C)(C)S(C)(=O)=O)nc1. The molecule has 1 rings (SSSR count). The highest BCUT2D eigenvalue weighted by Gasteiger charge is 2.38. The molecule has 5 heteroatoms. The van der Waals surface area contributed by atoms with Gasteiger partial charge in [0.05, 0.1) is 4.75 Å². The van der Waals surface area contributed by atoms with E-state index in [0.29, 0.717) is 6.42 Å². The number of aryl methyl sites for hydroxylation is 1. The molecule has 4 nitrogen and oxygen atoms in total. The number of sulfone groups is 1. The van der Waals surface area contributed by atoms with Crippen LogP contribution in [0.5, 0.6) is 0 Å². The number of nitrogens with one attached hydrogen (secondary N) is 1. The molecular weight excluding hydrogens is 260 g/mol. The van der Waals surface area contributed by atoms with Crippen LogP contribution in [0.3, 0.4) is 0 Å². The van der Waals surface area contributed by atoms with Crippen LogP contribution in [0.1, 0.15) is 32.0 Å². The quantitative estimate of drug-likeness (QED) is 0.862. The van der Waals surface area contributed by atoms with Crippen molar-refractivity contribution in [1.82, 2.24) is 10.3 Å². The Balaban J connectivity index is 2.93. The van der Waals surface area contributed by atoms with Crippen molar-refractivity contribution in [2.75, 3.05) is 13.3 Å². The van der Waals surface area contributed by atoms with Gasteiger partial charge in [-0.25, -0.2) is 8.42 Å². The summed E-state index contributed by atoms with van der Waals surface area (Å²) >= 11 is 0. The van der Waals surface area contributed by atoms with E-state index >= 15 is 0 Å². The number of likely N-dealkylation sites (N-methyl/N-ethyl adjacent to an activating group) is 1. The highest BCUT2D eigenvalue weighted by molar-refractivity contribution is 7.92. The van der Waals surface area contributed by atoms with Crippen molar-refractivity contribution < 1.29 is 8.42 Å². The van der Waals surface area contributed by atoms with Gasteiger partial charge in [0.2, 0.25) is 0 Å². The van der Waals surface area contributed by atoms with Gasteiger partial charge in [-0.15, -0.1) is 0 Å². The Morgan fingerprint density at radius 3 is 2.37 bits per heavy atom. The normalized spacial score (nSPS) is 14.4. The van der Waals surface area contributed by atoms with Crippen LogP contribution in [0.4, 0.5) is 0 Å². The average molecular weight is 284 g/mol. The van der Waals surface area contributed by atoms with E-state index in [1.165, 1.54) is 11.8 Å². The zero-order valence-electron chi connectivity index (χ0n) is 12.4. The van der Waals surface area contributed by atoms with Gasteiger partial charge in [-0.05, 0) is 38.9 Å². The molecule has 0 aliphatic rings. The molecule has 1 unspecified atom stereocenters. The van der Waals surface area contributed by atoms with E-state index in [2.05, 4.69) is 17.2 Å². The summed E-state index contributed by atoms with van der Waals surface area (Å²) in [4.78, 5) is 4.40. The minimum atomic E-state index is -3.14. The van der Waals surface area contributed by atoms with Crippen molar-refractivity contribution in [1.29, 1.82) is 0 Å². The Hall–Kier alpha value is -0.940. The number of rotatable bonds is 6. The molecule has 0 radical (unpaired) electrons. The Bertz CT molecular complexity index is 507. The second-order valence-electron chi connectivity index (χ2n) is 5.43. The van der Waals surface area contributed by atoms with Crippen molar-refractivity contribution in [3.05, 3.63) is 29.6 Å². The highest BCUT2D eigenvalue weighted by atomic mass is 32.2. The third-order valence-corrected chi connectivity index (χ3v) is 6.05. The van der Waals surface area contributed by atoms with Crippen LogP contribution in [0.25, 0.3) is 0 Å². The first-order chi connectivity index (χ1) is 8.72. The maximum atomic E-state index is 11.9. The van der Waals surface area contributed by atoms with E-state index in [9.17, 15) is 8.42 Å². The van der Waals surface area contributed by atoms with Crippen LogP contribution >= 0.6 is 0 Å². The lowest BCUT2D eigenvalue weighted by atomic mass is 9.98. The average Bonchev–Trinajstić information content (AvgIpc) is 2.35. The fraction of sp³-hybridized carbons (Fsp3) is 0.643. The summed E-state index contributed by atoms with van der Waals surface area (Å²) in [5.74, 6) is 0. The fourth-order valence-electron chi connectivity index (χ4n) is 1.95. The van der Waals surface area contributed by atoms with Crippen molar-refractivity contribution in [3.63, 3.8) is 0 Å². The topological polar surface area (TPSA) is 59.1 Å². The molecule has 0 saturated carbocycles. The smallest absolute Gasteiger partial charge is 0.154 e. The van der Waals surface area contributed by atoms with Gasteiger partial charge in [-0.1, -0.05) is 13.0 Å². The minimum Gasteiger partial charge on any atom is -0.315 e. The molecule has 19 heavy (non-hydrogen) atoms. The molecule has 1 aromatic rings. The molecule has 1 aromatic heterocycles. The monoisotopic (exact) mass is 284 g/mol. The molecule has 1 N–H and O–H groups in total. The number of aromatic nitrogens is 1. The zero-order chi connectivity index (χ0) is 14.7. The minimum absolute atomic E-state index is 0.164. The maximum Gasteiger partial charge on any atom is 0.154 e. The van der Waals surface area contributed by atoms with Gasteiger partial charge in [-0.2, -0.15) is 0 Å². The van der Waals surface area contributed by atoms with Crippen LogP contribution in [-0.2, 0) is 22.7 Å². The third kappa shape index (κ3) is 3.76. The van der Waals surface area contributed by atoms with Gasteiger partial charge >= 0.3 is 0 Å². The van der Waals surface area contributed by atoms with E-state index in [0.717, 1.165) is 12.1 Å². The summed E-state index contributed by atoms with van der Waals surface area (Å²) < 4.78 is 22.9. The molecule has 0 aliphatic carbocycles. The summed E-state index contributed by atoms with van der Waals surface area (Å²) in [7, 11) is -1.35. The Morgan fingerprint density at radius 2 is 2.00 bits per heavy atom. The molecule has 1 atom stereocenters. The fourth-order valence-corrected chi connectivity index (χ4v) is 2.67. The van der Waals surface area contributed by atoms with E-state index in [1.54, 1.807) is 20.9 Å². The van der Waals surface area contributed by atoms with Gasteiger partial charge in [0.15, 0.2) is 9.84 Å².